The number of nitrogens with one attached hydrogen (secondary N) is 1. The fraction of sp³-hybridized carbons (Fsp3) is 0.321. The lowest BCUT2D eigenvalue weighted by molar-refractivity contribution is 0.0923. The van der Waals surface area contributed by atoms with Crippen LogP contribution in [0.25, 0.3) is 0 Å². The molecule has 0 bridgehead atoms. The second kappa shape index (κ2) is 9.77. The van der Waals surface area contributed by atoms with E-state index in [2.05, 4.69) is 57.3 Å². The lowest BCUT2D eigenvalue weighted by Gasteiger charge is -2.44. The zero-order valence-corrected chi connectivity index (χ0v) is 19.9. The van der Waals surface area contributed by atoms with Gasteiger partial charge in [0.15, 0.2) is 0 Å². The van der Waals surface area contributed by atoms with Crippen molar-refractivity contribution in [3.63, 3.8) is 0 Å². The van der Waals surface area contributed by atoms with Gasteiger partial charge in [-0.25, -0.2) is 0 Å². The summed E-state index contributed by atoms with van der Waals surface area (Å²) in [5, 5.41) is 3.24. The first-order valence-corrected chi connectivity index (χ1v) is 12.0. The fourth-order valence-corrected chi connectivity index (χ4v) is 5.05. The third kappa shape index (κ3) is 4.46. The van der Waals surface area contributed by atoms with E-state index in [1.165, 1.54) is 5.69 Å². The Hall–Kier alpha value is -3.51. The van der Waals surface area contributed by atoms with Crippen molar-refractivity contribution in [1.29, 1.82) is 0 Å². The molecule has 0 radical (unpaired) electrons. The van der Waals surface area contributed by atoms with Crippen LogP contribution in [0.2, 0.25) is 0 Å². The number of carbonyl (C=O) groups is 1. The van der Waals surface area contributed by atoms with Gasteiger partial charge < -0.3 is 19.9 Å². The monoisotopic (exact) mass is 456 g/mol. The van der Waals surface area contributed by atoms with E-state index in [-0.39, 0.29) is 12.1 Å². The molecule has 0 saturated carbocycles. The number of hydrogen-bond acceptors (Lipinski definition) is 5. The van der Waals surface area contributed by atoms with Crippen LogP contribution in [0.15, 0.2) is 78.9 Å². The van der Waals surface area contributed by atoms with Crippen LogP contribution in [0, 0.1) is 0 Å². The predicted molar refractivity (Wildman–Crippen MR) is 137 cm³/mol. The summed E-state index contributed by atoms with van der Waals surface area (Å²) < 4.78 is 5.29. The van der Waals surface area contributed by atoms with Crippen molar-refractivity contribution in [2.75, 3.05) is 49.6 Å². The highest BCUT2D eigenvalue weighted by atomic mass is 16.5. The summed E-state index contributed by atoms with van der Waals surface area (Å²) in [6.45, 7) is 7.12. The highest BCUT2D eigenvalue weighted by molar-refractivity contribution is 6.02. The number of para-hydroxylation sites is 1. The molecule has 0 spiro atoms. The standard InChI is InChI=1S/C28H32N4O2/c1-21(30-16-18-31(19-17-30)23-12-14-24(34-2)15-13-23)20-32-26-11-7-6-10-25(26)28(33)29-27(32)22-8-4-3-5-9-22/h3-15,21,27H,16-20H2,1-2H3,(H,29,33). The highest BCUT2D eigenvalue weighted by Crippen LogP contribution is 2.33. The van der Waals surface area contributed by atoms with Gasteiger partial charge >= 0.3 is 0 Å². The van der Waals surface area contributed by atoms with Crippen molar-refractivity contribution in [2.24, 2.45) is 0 Å². The Labute approximate surface area is 201 Å². The van der Waals surface area contributed by atoms with Gasteiger partial charge in [0.2, 0.25) is 0 Å². The number of hydrogen-bond donors (Lipinski definition) is 1. The number of rotatable bonds is 6. The average molecular weight is 457 g/mol. The number of ether oxygens (including phenoxy) is 1. The minimum Gasteiger partial charge on any atom is -0.497 e. The minimum absolute atomic E-state index is 0.0125. The molecule has 0 aliphatic carbocycles. The smallest absolute Gasteiger partial charge is 0.255 e. The van der Waals surface area contributed by atoms with Gasteiger partial charge in [-0.1, -0.05) is 42.5 Å². The van der Waals surface area contributed by atoms with Crippen LogP contribution >= 0.6 is 0 Å². The summed E-state index contributed by atoms with van der Waals surface area (Å²) >= 11 is 0. The maximum Gasteiger partial charge on any atom is 0.255 e. The number of benzene rings is 3. The molecule has 0 aromatic heterocycles. The number of anilines is 2. The van der Waals surface area contributed by atoms with E-state index in [0.717, 1.165) is 55.3 Å². The maximum absolute atomic E-state index is 12.9. The van der Waals surface area contributed by atoms with Crippen LogP contribution in [-0.4, -0.2) is 56.7 Å². The first-order chi connectivity index (χ1) is 16.6. The van der Waals surface area contributed by atoms with Crippen LogP contribution in [0.5, 0.6) is 5.75 Å². The molecule has 5 rings (SSSR count). The molecule has 1 saturated heterocycles. The first-order valence-electron chi connectivity index (χ1n) is 12.0. The molecule has 2 heterocycles. The average Bonchev–Trinajstić information content (AvgIpc) is 2.91. The van der Waals surface area contributed by atoms with Crippen molar-refractivity contribution >= 4 is 17.3 Å². The Morgan fingerprint density at radius 3 is 2.29 bits per heavy atom. The molecule has 6 heteroatoms. The minimum atomic E-state index is -0.174. The number of piperazine rings is 1. The third-order valence-corrected chi connectivity index (χ3v) is 6.99. The van der Waals surface area contributed by atoms with Crippen LogP contribution in [-0.2, 0) is 0 Å². The van der Waals surface area contributed by atoms with E-state index in [4.69, 9.17) is 4.74 Å². The lowest BCUT2D eigenvalue weighted by atomic mass is 10.0. The first kappa shape index (κ1) is 22.3. The zero-order valence-electron chi connectivity index (χ0n) is 19.9. The van der Waals surface area contributed by atoms with E-state index in [1.54, 1.807) is 7.11 Å². The van der Waals surface area contributed by atoms with Crippen molar-refractivity contribution in [3.8, 4) is 5.75 Å². The molecule has 6 nitrogen and oxygen atoms in total. The molecule has 2 aliphatic rings. The number of carbonyl (C=O) groups excluding carboxylic acids is 1. The Morgan fingerprint density at radius 1 is 0.912 bits per heavy atom. The Morgan fingerprint density at radius 2 is 1.59 bits per heavy atom. The summed E-state index contributed by atoms with van der Waals surface area (Å²) in [6.07, 6.45) is -0.174. The largest absolute Gasteiger partial charge is 0.497 e. The third-order valence-electron chi connectivity index (χ3n) is 6.99. The number of methoxy groups -OCH3 is 1. The van der Waals surface area contributed by atoms with E-state index < -0.39 is 0 Å². The normalized spacial score (nSPS) is 19.4. The second-order valence-electron chi connectivity index (χ2n) is 9.03. The Bertz CT molecular complexity index is 1110. The van der Waals surface area contributed by atoms with Crippen molar-refractivity contribution < 1.29 is 9.53 Å². The SMILES string of the molecule is COc1ccc(N2CCN(C(C)CN3c4ccccc4C(=O)NC3c3ccccc3)CC2)cc1. The molecule has 2 aliphatic heterocycles. The Balaban J connectivity index is 1.30. The number of nitrogens with zero attached hydrogens (tertiary/aromatic N) is 3. The zero-order chi connectivity index (χ0) is 23.5. The molecular formula is C28H32N4O2. The van der Waals surface area contributed by atoms with E-state index in [9.17, 15) is 4.79 Å². The summed E-state index contributed by atoms with van der Waals surface area (Å²) in [5.41, 5.74) is 4.09. The van der Waals surface area contributed by atoms with Gasteiger partial charge in [0, 0.05) is 44.5 Å². The molecule has 2 atom stereocenters. The highest BCUT2D eigenvalue weighted by Gasteiger charge is 2.33. The van der Waals surface area contributed by atoms with Gasteiger partial charge in [-0.3, -0.25) is 9.69 Å². The van der Waals surface area contributed by atoms with Crippen LogP contribution in [0.1, 0.15) is 29.0 Å². The van der Waals surface area contributed by atoms with E-state index >= 15 is 0 Å². The molecule has 3 aromatic carbocycles. The number of fused-ring (bicyclic) bond motifs is 1. The van der Waals surface area contributed by atoms with Crippen LogP contribution in [0.4, 0.5) is 11.4 Å². The predicted octanol–water partition coefficient (Wildman–Crippen LogP) is 4.15. The van der Waals surface area contributed by atoms with Gasteiger partial charge in [0.05, 0.1) is 18.4 Å². The van der Waals surface area contributed by atoms with Crippen molar-refractivity contribution in [1.82, 2.24) is 10.2 Å². The van der Waals surface area contributed by atoms with Crippen molar-refractivity contribution in [2.45, 2.75) is 19.1 Å². The molecule has 1 amide bonds. The summed E-state index contributed by atoms with van der Waals surface area (Å²) in [5.74, 6) is 0.874. The molecular weight excluding hydrogens is 424 g/mol. The molecule has 176 valence electrons. The summed E-state index contributed by atoms with van der Waals surface area (Å²) in [4.78, 5) is 20.2. The maximum atomic E-state index is 12.9. The number of amides is 1. The van der Waals surface area contributed by atoms with Gasteiger partial charge in [0.25, 0.3) is 5.91 Å². The lowest BCUT2D eigenvalue weighted by Crippen LogP contribution is -2.55. The second-order valence-corrected chi connectivity index (χ2v) is 9.03. The molecule has 1 fully saturated rings. The molecule has 2 unspecified atom stereocenters. The fourth-order valence-electron chi connectivity index (χ4n) is 5.05. The summed E-state index contributed by atoms with van der Waals surface area (Å²) in [6, 6.07) is 26.8. The summed E-state index contributed by atoms with van der Waals surface area (Å²) in [7, 11) is 1.70. The molecule has 3 aromatic rings. The van der Waals surface area contributed by atoms with Gasteiger partial charge in [-0.15, -0.1) is 0 Å². The quantitative estimate of drug-likeness (QED) is 0.604. The van der Waals surface area contributed by atoms with Crippen LogP contribution in [0.3, 0.4) is 0 Å². The topological polar surface area (TPSA) is 48.1 Å². The van der Waals surface area contributed by atoms with Crippen LogP contribution < -0.4 is 19.9 Å². The van der Waals surface area contributed by atoms with Crippen molar-refractivity contribution in [3.05, 3.63) is 90.0 Å². The van der Waals surface area contributed by atoms with E-state index in [0.29, 0.717) is 6.04 Å². The van der Waals surface area contributed by atoms with E-state index in [1.807, 2.05) is 48.5 Å². The molecule has 1 N–H and O–H groups in total. The van der Waals surface area contributed by atoms with Gasteiger partial charge in [-0.05, 0) is 48.9 Å². The van der Waals surface area contributed by atoms with Gasteiger partial charge in [-0.2, -0.15) is 0 Å². The Kier molecular flexibility index (Phi) is 6.41. The van der Waals surface area contributed by atoms with Gasteiger partial charge in [0.1, 0.15) is 11.9 Å². The molecule has 34 heavy (non-hydrogen) atoms.